The van der Waals surface area contributed by atoms with E-state index in [2.05, 4.69) is 56.1 Å². The number of nitrogens with one attached hydrogen (secondary N) is 2. The van der Waals surface area contributed by atoms with Crippen LogP contribution in [0.1, 0.15) is 87.4 Å². The standard InChI is InChI=1S/C16H17N3O3.C15H23NO2.C11H3F5N2O2/c1-3-11-12(5-4-6-15(11)22-2)16(21)19-10-14(20)13-9-17-7-8-18-13;1-6-11-12(8-7-9-13(11)18-5)14(17)16-10-15(2,3)4;12-5-6(13)8(15)10(9(16)7(5)14)20-11(19)4-3-17-1-2-18-4/h4-9H,3,10H2,1-2H3,(H,19,21);7-9H,6,10H2,1-5H3,(H,16,17);1-3H. The lowest BCUT2D eigenvalue weighted by Gasteiger charge is -2.19. The number of methoxy groups -OCH3 is 2. The molecule has 2 heterocycles. The number of aromatic nitrogens is 4. The van der Waals surface area contributed by atoms with E-state index in [0.717, 1.165) is 35.7 Å². The van der Waals surface area contributed by atoms with Gasteiger partial charge in [-0.05, 0) is 42.5 Å². The second-order valence-electron chi connectivity index (χ2n) is 13.5. The topological polar surface area (TPSA) is 172 Å². The Labute approximate surface area is 342 Å². The third-order valence-electron chi connectivity index (χ3n) is 8.08. The highest BCUT2D eigenvalue weighted by atomic mass is 19.2. The third-order valence-corrected chi connectivity index (χ3v) is 8.08. The van der Waals surface area contributed by atoms with Gasteiger partial charge in [0.1, 0.15) is 17.2 Å². The van der Waals surface area contributed by atoms with Crippen molar-refractivity contribution in [3.8, 4) is 17.2 Å². The van der Waals surface area contributed by atoms with Gasteiger partial charge in [0.05, 0.1) is 33.2 Å². The number of hydrogen-bond acceptors (Lipinski definition) is 11. The van der Waals surface area contributed by atoms with Gasteiger partial charge in [-0.2, -0.15) is 8.78 Å². The second-order valence-corrected chi connectivity index (χ2v) is 13.5. The Morgan fingerprint density at radius 3 is 1.50 bits per heavy atom. The number of Topliss-reactive ketones (excluding diaryl/α,β-unsaturated/α-hetero) is 1. The predicted molar refractivity (Wildman–Crippen MR) is 208 cm³/mol. The van der Waals surface area contributed by atoms with E-state index < -0.39 is 46.5 Å². The summed E-state index contributed by atoms with van der Waals surface area (Å²) in [5.41, 5.74) is 2.84. The van der Waals surface area contributed by atoms with Crippen LogP contribution in [0.15, 0.2) is 73.6 Å². The first-order chi connectivity index (χ1) is 28.5. The number of carbonyl (C=O) groups is 4. The summed E-state index contributed by atoms with van der Waals surface area (Å²) >= 11 is 0. The highest BCUT2D eigenvalue weighted by molar-refractivity contribution is 6.02. The van der Waals surface area contributed by atoms with E-state index in [-0.39, 0.29) is 35.3 Å². The minimum absolute atomic E-state index is 0.0272. The summed E-state index contributed by atoms with van der Waals surface area (Å²) in [5, 5.41) is 5.58. The van der Waals surface area contributed by atoms with Crippen molar-refractivity contribution in [3.63, 3.8) is 0 Å². The van der Waals surface area contributed by atoms with Crippen molar-refractivity contribution in [1.29, 1.82) is 0 Å². The lowest BCUT2D eigenvalue weighted by Crippen LogP contribution is -2.32. The third kappa shape index (κ3) is 12.8. The molecule has 0 fully saturated rings. The van der Waals surface area contributed by atoms with Crippen LogP contribution in [-0.2, 0) is 12.8 Å². The Morgan fingerprint density at radius 1 is 0.633 bits per heavy atom. The lowest BCUT2D eigenvalue weighted by atomic mass is 9.96. The molecule has 3 aromatic carbocycles. The molecule has 60 heavy (non-hydrogen) atoms. The maximum Gasteiger partial charge on any atom is 0.364 e. The smallest absolute Gasteiger partial charge is 0.364 e. The van der Waals surface area contributed by atoms with Gasteiger partial charge in [0.25, 0.3) is 11.8 Å². The molecule has 0 radical (unpaired) electrons. The van der Waals surface area contributed by atoms with Gasteiger partial charge in [0, 0.05) is 53.6 Å². The molecule has 5 aromatic rings. The summed E-state index contributed by atoms with van der Waals surface area (Å²) in [6, 6.07) is 10.9. The van der Waals surface area contributed by atoms with Crippen molar-refractivity contribution in [1.82, 2.24) is 30.6 Å². The van der Waals surface area contributed by atoms with Gasteiger partial charge in [0.15, 0.2) is 5.69 Å². The fourth-order valence-electron chi connectivity index (χ4n) is 5.12. The van der Waals surface area contributed by atoms with Gasteiger partial charge in [-0.3, -0.25) is 24.4 Å². The summed E-state index contributed by atoms with van der Waals surface area (Å²) in [7, 11) is 3.19. The molecule has 2 N–H and O–H groups in total. The van der Waals surface area contributed by atoms with Crippen LogP contribution in [0.3, 0.4) is 0 Å². The van der Waals surface area contributed by atoms with E-state index >= 15 is 0 Å². The van der Waals surface area contributed by atoms with E-state index in [4.69, 9.17) is 9.47 Å². The van der Waals surface area contributed by atoms with E-state index in [1.165, 1.54) is 24.8 Å². The van der Waals surface area contributed by atoms with Gasteiger partial charge in [-0.25, -0.2) is 27.9 Å². The summed E-state index contributed by atoms with van der Waals surface area (Å²) in [4.78, 5) is 62.5. The Bertz CT molecular complexity index is 2250. The van der Waals surface area contributed by atoms with Gasteiger partial charge < -0.3 is 24.8 Å². The van der Waals surface area contributed by atoms with Crippen molar-refractivity contribution in [2.45, 2.75) is 47.5 Å². The molecule has 0 saturated carbocycles. The zero-order chi connectivity index (χ0) is 44.6. The van der Waals surface area contributed by atoms with E-state index in [0.29, 0.717) is 29.8 Å². The molecular formula is C42H43F5N6O7. The maximum absolute atomic E-state index is 13.2. The number of amides is 2. The molecule has 0 unspecified atom stereocenters. The van der Waals surface area contributed by atoms with Crippen molar-refractivity contribution in [2.24, 2.45) is 5.41 Å². The molecule has 13 nitrogen and oxygen atoms in total. The van der Waals surface area contributed by atoms with Crippen LogP contribution in [0.5, 0.6) is 17.2 Å². The number of hydrogen-bond donors (Lipinski definition) is 2. The fraction of sp³-hybridized carbons (Fsp3) is 0.286. The zero-order valence-electron chi connectivity index (χ0n) is 33.8. The Balaban J connectivity index is 0.000000242. The monoisotopic (exact) mass is 838 g/mol. The molecule has 0 aliphatic heterocycles. The first-order valence-electron chi connectivity index (χ1n) is 18.2. The Hall–Kier alpha value is -6.85. The average Bonchev–Trinajstić information content (AvgIpc) is 3.27. The van der Waals surface area contributed by atoms with Crippen molar-refractivity contribution in [2.75, 3.05) is 27.3 Å². The normalized spacial score (nSPS) is 10.5. The molecule has 0 bridgehead atoms. The quantitative estimate of drug-likeness (QED) is 0.0329. The van der Waals surface area contributed by atoms with Crippen molar-refractivity contribution >= 4 is 23.6 Å². The van der Waals surface area contributed by atoms with Crippen molar-refractivity contribution < 1.29 is 55.3 Å². The molecule has 2 aromatic heterocycles. The minimum Gasteiger partial charge on any atom is -0.496 e. The number of carbonyl (C=O) groups excluding carboxylic acids is 4. The van der Waals surface area contributed by atoms with Gasteiger partial charge in [-0.15, -0.1) is 0 Å². The number of rotatable bonds is 12. The van der Waals surface area contributed by atoms with E-state index in [1.807, 2.05) is 32.0 Å². The molecule has 2 amide bonds. The van der Waals surface area contributed by atoms with E-state index in [9.17, 15) is 41.1 Å². The van der Waals surface area contributed by atoms with Crippen LogP contribution >= 0.6 is 0 Å². The second kappa shape index (κ2) is 22.3. The van der Waals surface area contributed by atoms with Gasteiger partial charge >= 0.3 is 5.97 Å². The molecule has 318 valence electrons. The molecule has 0 saturated heterocycles. The summed E-state index contributed by atoms with van der Waals surface area (Å²) in [6.07, 6.45) is 8.91. The maximum atomic E-state index is 13.2. The highest BCUT2D eigenvalue weighted by Crippen LogP contribution is 2.30. The molecular weight excluding hydrogens is 795 g/mol. The van der Waals surface area contributed by atoms with Crippen LogP contribution in [0.4, 0.5) is 22.0 Å². The summed E-state index contributed by atoms with van der Waals surface area (Å²) in [6.45, 7) is 10.8. The molecule has 0 spiro atoms. The summed E-state index contributed by atoms with van der Waals surface area (Å²) in [5.74, 6) is -13.6. The lowest BCUT2D eigenvalue weighted by molar-refractivity contribution is 0.0708. The Kier molecular flexibility index (Phi) is 17.7. The van der Waals surface area contributed by atoms with Crippen LogP contribution in [0.2, 0.25) is 0 Å². The molecule has 5 rings (SSSR count). The highest BCUT2D eigenvalue weighted by Gasteiger charge is 2.29. The number of benzene rings is 3. The number of nitrogens with zero attached hydrogens (tertiary/aromatic N) is 4. The Morgan fingerprint density at radius 2 is 1.08 bits per heavy atom. The number of esters is 1. The van der Waals surface area contributed by atoms with Gasteiger partial charge in [0.2, 0.25) is 40.6 Å². The average molecular weight is 839 g/mol. The molecule has 0 atom stereocenters. The van der Waals surface area contributed by atoms with Crippen LogP contribution in [0, 0.1) is 34.5 Å². The first-order valence-corrected chi connectivity index (χ1v) is 18.2. The zero-order valence-corrected chi connectivity index (χ0v) is 33.8. The number of halogens is 5. The fourth-order valence-corrected chi connectivity index (χ4v) is 5.12. The molecule has 0 aliphatic carbocycles. The van der Waals surface area contributed by atoms with Crippen LogP contribution in [0.25, 0.3) is 0 Å². The van der Waals surface area contributed by atoms with Crippen LogP contribution in [-0.4, -0.2) is 70.8 Å². The van der Waals surface area contributed by atoms with Crippen LogP contribution < -0.4 is 24.8 Å². The number of ether oxygens (including phenoxy) is 3. The van der Waals surface area contributed by atoms with Crippen molar-refractivity contribution in [3.05, 3.63) is 136 Å². The minimum atomic E-state index is -2.35. The first kappa shape index (κ1) is 47.5. The summed E-state index contributed by atoms with van der Waals surface area (Å²) < 4.78 is 79.7. The van der Waals surface area contributed by atoms with Gasteiger partial charge in [-0.1, -0.05) is 46.8 Å². The number of ketones is 1. The largest absolute Gasteiger partial charge is 0.496 e. The molecule has 18 heteroatoms. The van der Waals surface area contributed by atoms with E-state index in [1.54, 1.807) is 32.4 Å². The molecule has 0 aliphatic rings. The SMILES string of the molecule is CCc1c(OC)cccc1C(=O)NCC(=O)c1cnccn1.CCc1c(OC)cccc1C(=O)NCC(C)(C)C.O=C(Oc1c(F)c(F)c(F)c(F)c1F)c1cnccn1. The predicted octanol–water partition coefficient (Wildman–Crippen LogP) is 7.09.